The number of anilines is 1. The molecule has 6 heteroatoms. The number of hydrogen-bond acceptors (Lipinski definition) is 6. The smallest absolute Gasteiger partial charge is 0.339 e. The Balaban J connectivity index is 2.38. The molecule has 1 saturated heterocycles. The van der Waals surface area contributed by atoms with Crippen molar-refractivity contribution in [2.45, 2.75) is 32.3 Å². The Hall–Kier alpha value is -1.95. The van der Waals surface area contributed by atoms with Gasteiger partial charge in [-0.2, -0.15) is 0 Å². The number of rotatable bonds is 6. The third-order valence-corrected chi connectivity index (χ3v) is 4.03. The van der Waals surface area contributed by atoms with Crippen LogP contribution in [0.15, 0.2) is 12.1 Å². The molecular formula is C17H25NO5. The molecule has 1 aliphatic rings. The van der Waals surface area contributed by atoms with Gasteiger partial charge in [-0.15, -0.1) is 0 Å². The molecule has 1 unspecified atom stereocenters. The number of nitrogens with zero attached hydrogens (tertiary/aromatic N) is 1. The lowest BCUT2D eigenvalue weighted by molar-refractivity contribution is -0.153. The second-order valence-corrected chi connectivity index (χ2v) is 5.47. The molecule has 128 valence electrons. The number of benzene rings is 1. The zero-order chi connectivity index (χ0) is 16.8. The molecule has 23 heavy (non-hydrogen) atoms. The van der Waals surface area contributed by atoms with E-state index in [1.165, 1.54) is 13.5 Å². The van der Waals surface area contributed by atoms with E-state index in [-0.39, 0.29) is 6.61 Å². The van der Waals surface area contributed by atoms with E-state index in [1.54, 1.807) is 20.1 Å². The fourth-order valence-corrected chi connectivity index (χ4v) is 2.85. The van der Waals surface area contributed by atoms with Crippen molar-refractivity contribution >= 4 is 11.7 Å². The summed E-state index contributed by atoms with van der Waals surface area (Å²) in [5.74, 6) is 0.372. The minimum Gasteiger partial charge on any atom is -0.496 e. The number of piperidine rings is 1. The Morgan fingerprint density at radius 1 is 1.17 bits per heavy atom. The summed E-state index contributed by atoms with van der Waals surface area (Å²) in [6.07, 6.45) is 2.11. The van der Waals surface area contributed by atoms with Gasteiger partial charge in [0.05, 0.1) is 26.5 Å². The molecule has 1 aliphatic heterocycles. The maximum absolute atomic E-state index is 11.8. The van der Waals surface area contributed by atoms with Crippen LogP contribution < -0.4 is 14.4 Å². The summed E-state index contributed by atoms with van der Waals surface area (Å²) >= 11 is 0. The van der Waals surface area contributed by atoms with Gasteiger partial charge in [-0.1, -0.05) is 0 Å². The van der Waals surface area contributed by atoms with Crippen LogP contribution in [0.5, 0.6) is 11.5 Å². The third-order valence-electron chi connectivity index (χ3n) is 4.03. The molecule has 2 rings (SSSR count). The van der Waals surface area contributed by atoms with Gasteiger partial charge in [0.15, 0.2) is 6.10 Å². The highest BCUT2D eigenvalue weighted by molar-refractivity contribution is 5.79. The van der Waals surface area contributed by atoms with Crippen molar-refractivity contribution in [2.24, 2.45) is 0 Å². The highest BCUT2D eigenvalue weighted by Gasteiger charge is 2.26. The Morgan fingerprint density at radius 3 is 2.39 bits per heavy atom. The number of methoxy groups -OCH3 is 2. The second-order valence-electron chi connectivity index (χ2n) is 5.47. The molecule has 0 saturated carbocycles. The van der Waals surface area contributed by atoms with Crippen molar-refractivity contribution in [2.75, 3.05) is 38.8 Å². The minimum atomic E-state index is -1.39. The standard InChI is InChI=1S/C17H25NO5/c1-4-23-17(20)16(19)12-10-15(22-3)13(11-14(12)21-2)18-8-6-5-7-9-18/h10-11,16,19H,4-9H2,1-3H3. The Bertz CT molecular complexity index is 540. The fraction of sp³-hybridized carbons (Fsp3) is 0.588. The van der Waals surface area contributed by atoms with Crippen LogP contribution in [-0.2, 0) is 9.53 Å². The monoisotopic (exact) mass is 323 g/mol. The molecule has 0 amide bonds. The molecule has 1 aromatic carbocycles. The summed E-state index contributed by atoms with van der Waals surface area (Å²) in [4.78, 5) is 14.1. The molecule has 0 bridgehead atoms. The van der Waals surface area contributed by atoms with Crippen LogP contribution in [0.1, 0.15) is 37.9 Å². The summed E-state index contributed by atoms with van der Waals surface area (Å²) in [7, 11) is 3.10. The van der Waals surface area contributed by atoms with Crippen LogP contribution in [0.25, 0.3) is 0 Å². The molecule has 1 fully saturated rings. The van der Waals surface area contributed by atoms with Gasteiger partial charge in [0.2, 0.25) is 0 Å². The van der Waals surface area contributed by atoms with E-state index >= 15 is 0 Å². The maximum Gasteiger partial charge on any atom is 0.339 e. The van der Waals surface area contributed by atoms with Gasteiger partial charge >= 0.3 is 5.97 Å². The average Bonchev–Trinajstić information content (AvgIpc) is 2.60. The van der Waals surface area contributed by atoms with Crippen LogP contribution in [-0.4, -0.2) is 45.0 Å². The summed E-state index contributed by atoms with van der Waals surface area (Å²) in [6, 6.07) is 3.48. The van der Waals surface area contributed by atoms with Crippen LogP contribution in [0, 0.1) is 0 Å². The largest absolute Gasteiger partial charge is 0.496 e. The van der Waals surface area contributed by atoms with Crippen LogP contribution in [0.2, 0.25) is 0 Å². The van der Waals surface area contributed by atoms with Crippen molar-refractivity contribution in [3.63, 3.8) is 0 Å². The lowest BCUT2D eigenvalue weighted by Crippen LogP contribution is -2.30. The van der Waals surface area contributed by atoms with Crippen LogP contribution in [0.3, 0.4) is 0 Å². The maximum atomic E-state index is 11.8. The molecule has 1 heterocycles. The molecule has 0 aromatic heterocycles. The van der Waals surface area contributed by atoms with E-state index in [4.69, 9.17) is 14.2 Å². The quantitative estimate of drug-likeness (QED) is 0.810. The summed E-state index contributed by atoms with van der Waals surface area (Å²) in [6.45, 7) is 3.82. The number of carbonyl (C=O) groups is 1. The molecule has 0 spiro atoms. The van der Waals surface area contributed by atoms with Gasteiger partial charge in [0, 0.05) is 24.7 Å². The fourth-order valence-electron chi connectivity index (χ4n) is 2.85. The molecular weight excluding hydrogens is 298 g/mol. The number of ether oxygens (including phenoxy) is 3. The third kappa shape index (κ3) is 3.88. The molecule has 6 nitrogen and oxygen atoms in total. The molecule has 1 atom stereocenters. The molecule has 1 aromatic rings. The number of carbonyl (C=O) groups excluding carboxylic acids is 1. The zero-order valence-corrected chi connectivity index (χ0v) is 14.0. The van der Waals surface area contributed by atoms with Gasteiger partial charge in [0.1, 0.15) is 11.5 Å². The van der Waals surface area contributed by atoms with Gasteiger partial charge in [-0.25, -0.2) is 4.79 Å². The predicted molar refractivity (Wildman–Crippen MR) is 87.2 cm³/mol. The van der Waals surface area contributed by atoms with E-state index in [0.717, 1.165) is 31.6 Å². The lowest BCUT2D eigenvalue weighted by Gasteiger charge is -2.31. The zero-order valence-electron chi connectivity index (χ0n) is 14.0. The number of esters is 1. The predicted octanol–water partition coefficient (Wildman–Crippen LogP) is 2.29. The van der Waals surface area contributed by atoms with Crippen molar-refractivity contribution in [3.05, 3.63) is 17.7 Å². The molecule has 1 N–H and O–H groups in total. The number of aliphatic hydroxyl groups is 1. The van der Waals surface area contributed by atoms with Crippen LogP contribution in [0.4, 0.5) is 5.69 Å². The van der Waals surface area contributed by atoms with Crippen LogP contribution >= 0.6 is 0 Å². The van der Waals surface area contributed by atoms with E-state index in [0.29, 0.717) is 17.1 Å². The first kappa shape index (κ1) is 17.4. The highest BCUT2D eigenvalue weighted by Crippen LogP contribution is 2.39. The van der Waals surface area contributed by atoms with Gasteiger partial charge < -0.3 is 24.2 Å². The van der Waals surface area contributed by atoms with E-state index in [1.807, 2.05) is 6.07 Å². The van der Waals surface area contributed by atoms with Gasteiger partial charge in [-0.3, -0.25) is 0 Å². The van der Waals surface area contributed by atoms with Crippen molar-refractivity contribution in [1.29, 1.82) is 0 Å². The molecule has 0 aliphatic carbocycles. The Labute approximate surface area is 136 Å². The lowest BCUT2D eigenvalue weighted by atomic mass is 10.0. The normalized spacial score (nSPS) is 15.9. The first-order chi connectivity index (χ1) is 11.1. The molecule has 0 radical (unpaired) electrons. The number of aliphatic hydroxyl groups excluding tert-OH is 1. The Morgan fingerprint density at radius 2 is 1.83 bits per heavy atom. The minimum absolute atomic E-state index is 0.210. The van der Waals surface area contributed by atoms with Crippen molar-refractivity contribution in [3.8, 4) is 11.5 Å². The van der Waals surface area contributed by atoms with E-state index in [9.17, 15) is 9.90 Å². The first-order valence-electron chi connectivity index (χ1n) is 7.98. The average molecular weight is 323 g/mol. The van der Waals surface area contributed by atoms with E-state index < -0.39 is 12.1 Å². The Kier molecular flexibility index (Phi) is 6.10. The number of hydrogen-bond donors (Lipinski definition) is 1. The topological polar surface area (TPSA) is 68.2 Å². The SMILES string of the molecule is CCOC(=O)C(O)c1cc(OC)c(N2CCCCC2)cc1OC. The highest BCUT2D eigenvalue weighted by atomic mass is 16.5. The summed E-state index contributed by atoms with van der Waals surface area (Å²) in [5.41, 5.74) is 1.27. The van der Waals surface area contributed by atoms with Crippen molar-refractivity contribution < 1.29 is 24.1 Å². The van der Waals surface area contributed by atoms with Gasteiger partial charge in [-0.05, 0) is 32.3 Å². The van der Waals surface area contributed by atoms with Crippen molar-refractivity contribution in [1.82, 2.24) is 0 Å². The first-order valence-corrected chi connectivity index (χ1v) is 7.98. The second kappa shape index (κ2) is 8.06. The van der Waals surface area contributed by atoms with Gasteiger partial charge in [0.25, 0.3) is 0 Å². The summed E-state index contributed by atoms with van der Waals surface area (Å²) in [5, 5.41) is 10.2. The summed E-state index contributed by atoms with van der Waals surface area (Å²) < 4.78 is 15.7. The van der Waals surface area contributed by atoms with E-state index in [2.05, 4.69) is 4.90 Å².